The number of carbonyl (C=O) groups is 2. The molecule has 40 valence electrons. The van der Waals surface area contributed by atoms with E-state index in [9.17, 15) is 9.59 Å². The summed E-state index contributed by atoms with van der Waals surface area (Å²) in [5.41, 5.74) is 1.68. The van der Waals surface area contributed by atoms with E-state index in [1.807, 2.05) is 0 Å². The normalized spacial score (nSPS) is 7.71. The molecule has 0 radical (unpaired) electrons. The SMILES string of the molecule is CC(=O)C(=O)NN. The average Bonchev–Trinajstić information content (AvgIpc) is 1.65. The molecule has 7 heavy (non-hydrogen) atoms. The summed E-state index contributed by atoms with van der Waals surface area (Å²) >= 11 is 0. The lowest BCUT2D eigenvalue weighted by Gasteiger charge is -1.86. The largest absolute Gasteiger partial charge is 0.300 e. The molecule has 4 heteroatoms. The van der Waals surface area contributed by atoms with Gasteiger partial charge in [0.05, 0.1) is 0 Å². The smallest absolute Gasteiger partial charge is 0.289 e. The topological polar surface area (TPSA) is 72.2 Å². The summed E-state index contributed by atoms with van der Waals surface area (Å²) in [5, 5.41) is 0. The Labute approximate surface area is 40.7 Å². The number of ketones is 1. The summed E-state index contributed by atoms with van der Waals surface area (Å²) in [6.07, 6.45) is 0. The molecule has 0 unspecified atom stereocenters. The van der Waals surface area contributed by atoms with Crippen molar-refractivity contribution in [3.63, 3.8) is 0 Å². The lowest BCUT2D eigenvalue weighted by atomic mass is 10.4. The van der Waals surface area contributed by atoms with Crippen LogP contribution >= 0.6 is 0 Å². The summed E-state index contributed by atoms with van der Waals surface area (Å²) in [6, 6.07) is 0. The summed E-state index contributed by atoms with van der Waals surface area (Å²) < 4.78 is 0. The maximum absolute atomic E-state index is 9.93. The fraction of sp³-hybridized carbons (Fsp3) is 0.333. The van der Waals surface area contributed by atoms with E-state index in [-0.39, 0.29) is 0 Å². The minimum atomic E-state index is -0.764. The van der Waals surface area contributed by atoms with Crippen molar-refractivity contribution in [3.05, 3.63) is 0 Å². The van der Waals surface area contributed by atoms with Crippen molar-refractivity contribution in [3.8, 4) is 0 Å². The Balaban J connectivity index is 3.58. The van der Waals surface area contributed by atoms with Crippen molar-refractivity contribution in [1.82, 2.24) is 5.43 Å². The molecule has 0 spiro atoms. The first kappa shape index (κ1) is 6.10. The van der Waals surface area contributed by atoms with Gasteiger partial charge in [-0.1, -0.05) is 0 Å². The molecule has 0 saturated heterocycles. The van der Waals surface area contributed by atoms with Gasteiger partial charge in [0.1, 0.15) is 0 Å². The molecule has 4 nitrogen and oxygen atoms in total. The maximum Gasteiger partial charge on any atom is 0.300 e. The first-order valence-corrected chi connectivity index (χ1v) is 1.70. The van der Waals surface area contributed by atoms with Crippen molar-refractivity contribution in [2.45, 2.75) is 6.92 Å². The Kier molecular flexibility index (Phi) is 2.01. The number of hydrogen-bond acceptors (Lipinski definition) is 3. The van der Waals surface area contributed by atoms with E-state index < -0.39 is 11.7 Å². The van der Waals surface area contributed by atoms with E-state index >= 15 is 0 Å². The third-order valence-corrected chi connectivity index (χ3v) is 0.451. The highest BCUT2D eigenvalue weighted by Gasteiger charge is 2.00. The van der Waals surface area contributed by atoms with Crippen LogP contribution in [0.2, 0.25) is 0 Å². The molecule has 0 fully saturated rings. The van der Waals surface area contributed by atoms with Crippen LogP contribution in [0, 0.1) is 0 Å². The van der Waals surface area contributed by atoms with Crippen LogP contribution in [0.4, 0.5) is 0 Å². The predicted molar refractivity (Wildman–Crippen MR) is 23.0 cm³/mol. The standard InChI is InChI=1S/C3H6N2O2/c1-2(6)3(7)5-4/h4H2,1H3,(H,5,7). The Bertz CT molecular complexity index is 99.1. The van der Waals surface area contributed by atoms with E-state index in [4.69, 9.17) is 0 Å². The molecule has 0 aliphatic rings. The van der Waals surface area contributed by atoms with E-state index in [1.54, 1.807) is 5.43 Å². The number of hydrazine groups is 1. The summed E-state index contributed by atoms with van der Waals surface area (Å²) in [4.78, 5) is 19.8. The average molecular weight is 102 g/mol. The van der Waals surface area contributed by atoms with E-state index in [0.717, 1.165) is 6.92 Å². The van der Waals surface area contributed by atoms with Gasteiger partial charge in [-0.3, -0.25) is 15.0 Å². The number of amides is 1. The lowest BCUT2D eigenvalue weighted by molar-refractivity contribution is -0.136. The molecule has 0 bridgehead atoms. The Hall–Kier alpha value is -0.900. The molecule has 0 aliphatic heterocycles. The van der Waals surface area contributed by atoms with Gasteiger partial charge in [-0.2, -0.15) is 0 Å². The van der Waals surface area contributed by atoms with Gasteiger partial charge in [0.25, 0.3) is 0 Å². The van der Waals surface area contributed by atoms with Gasteiger partial charge in [0, 0.05) is 6.92 Å². The van der Waals surface area contributed by atoms with Crippen LogP contribution in [0.15, 0.2) is 0 Å². The number of carbonyl (C=O) groups excluding carboxylic acids is 2. The number of nitrogens with one attached hydrogen (secondary N) is 1. The molecule has 0 rings (SSSR count). The molecular weight excluding hydrogens is 96.0 g/mol. The molecular formula is C3H6N2O2. The van der Waals surface area contributed by atoms with Gasteiger partial charge < -0.3 is 0 Å². The van der Waals surface area contributed by atoms with Crippen LogP contribution in [-0.4, -0.2) is 11.7 Å². The molecule has 0 saturated carbocycles. The summed E-state index contributed by atoms with van der Waals surface area (Å²) in [7, 11) is 0. The van der Waals surface area contributed by atoms with Crippen molar-refractivity contribution in [1.29, 1.82) is 0 Å². The highest BCUT2D eigenvalue weighted by atomic mass is 16.2. The van der Waals surface area contributed by atoms with Gasteiger partial charge in [-0.05, 0) is 0 Å². The number of Topliss-reactive ketones (excluding diaryl/α,β-unsaturated/α-hetero) is 1. The van der Waals surface area contributed by atoms with Crippen molar-refractivity contribution < 1.29 is 9.59 Å². The molecule has 0 aromatic rings. The molecule has 0 aliphatic carbocycles. The van der Waals surface area contributed by atoms with E-state index in [0.29, 0.717) is 0 Å². The Morgan fingerprint density at radius 1 is 1.57 bits per heavy atom. The van der Waals surface area contributed by atoms with Gasteiger partial charge in [-0.25, -0.2) is 5.84 Å². The predicted octanol–water partition coefficient (Wildman–Crippen LogP) is -1.43. The van der Waals surface area contributed by atoms with Crippen LogP contribution in [0.3, 0.4) is 0 Å². The lowest BCUT2D eigenvalue weighted by Crippen LogP contribution is -2.34. The fourth-order valence-corrected chi connectivity index (χ4v) is 0.102. The highest BCUT2D eigenvalue weighted by molar-refractivity contribution is 6.34. The van der Waals surface area contributed by atoms with Crippen molar-refractivity contribution in [2.75, 3.05) is 0 Å². The van der Waals surface area contributed by atoms with Gasteiger partial charge in [0.15, 0.2) is 0 Å². The summed E-state index contributed by atoms with van der Waals surface area (Å²) in [6.45, 7) is 1.14. The minimum absolute atomic E-state index is 0.581. The first-order chi connectivity index (χ1) is 3.18. The van der Waals surface area contributed by atoms with Crippen LogP contribution in [0.25, 0.3) is 0 Å². The number of rotatable bonds is 1. The van der Waals surface area contributed by atoms with Crippen LogP contribution < -0.4 is 11.3 Å². The maximum atomic E-state index is 9.93. The van der Waals surface area contributed by atoms with Crippen LogP contribution in [0.5, 0.6) is 0 Å². The molecule has 0 aromatic carbocycles. The zero-order valence-corrected chi connectivity index (χ0v) is 3.89. The van der Waals surface area contributed by atoms with Gasteiger partial charge in [-0.15, -0.1) is 0 Å². The monoisotopic (exact) mass is 102 g/mol. The summed E-state index contributed by atoms with van der Waals surface area (Å²) in [5.74, 6) is 3.21. The second-order valence-electron chi connectivity index (χ2n) is 1.03. The number of hydrogen-bond donors (Lipinski definition) is 2. The molecule has 0 aromatic heterocycles. The zero-order chi connectivity index (χ0) is 5.86. The molecule has 3 N–H and O–H groups in total. The third-order valence-electron chi connectivity index (χ3n) is 0.451. The van der Waals surface area contributed by atoms with E-state index in [2.05, 4.69) is 5.84 Å². The van der Waals surface area contributed by atoms with Crippen LogP contribution in [0.1, 0.15) is 6.92 Å². The molecule has 0 heterocycles. The number of nitrogens with two attached hydrogens (primary N) is 1. The minimum Gasteiger partial charge on any atom is -0.289 e. The third kappa shape index (κ3) is 1.88. The fourth-order valence-electron chi connectivity index (χ4n) is 0.102. The van der Waals surface area contributed by atoms with Crippen molar-refractivity contribution >= 4 is 11.7 Å². The second kappa shape index (κ2) is 2.30. The van der Waals surface area contributed by atoms with Gasteiger partial charge >= 0.3 is 5.91 Å². The van der Waals surface area contributed by atoms with Gasteiger partial charge in [0.2, 0.25) is 5.78 Å². The molecule has 1 amide bonds. The first-order valence-electron chi connectivity index (χ1n) is 1.70. The highest BCUT2D eigenvalue weighted by Crippen LogP contribution is 1.61. The van der Waals surface area contributed by atoms with Crippen molar-refractivity contribution in [2.24, 2.45) is 5.84 Å². The quantitative estimate of drug-likeness (QED) is 0.184. The Morgan fingerprint density at radius 3 is 2.00 bits per heavy atom. The zero-order valence-electron chi connectivity index (χ0n) is 3.89. The van der Waals surface area contributed by atoms with Crippen LogP contribution in [-0.2, 0) is 9.59 Å². The Morgan fingerprint density at radius 2 is 2.00 bits per heavy atom. The second-order valence-corrected chi connectivity index (χ2v) is 1.03. The molecule has 0 atom stereocenters. The van der Waals surface area contributed by atoms with E-state index in [1.165, 1.54) is 0 Å².